The SMILES string of the molecule is Cc1ccc(CN2CCN(C(=O)CCc3ccc(O)cc3)CC2CCO)o1. The standard InChI is InChI=1S/C21H28N2O4/c1-16-2-8-20(27-16)15-22-11-12-23(14-18(22)10-13-24)21(26)9-5-17-3-6-19(25)7-4-17/h2-4,6-8,18,24-25H,5,9-15H2,1H3. The van der Waals surface area contributed by atoms with Gasteiger partial charge in [-0.1, -0.05) is 12.1 Å². The third-order valence-electron chi connectivity index (χ3n) is 5.14. The number of furan rings is 1. The number of phenols is 1. The van der Waals surface area contributed by atoms with Gasteiger partial charge in [0, 0.05) is 38.7 Å². The Balaban J connectivity index is 1.54. The van der Waals surface area contributed by atoms with E-state index in [1.54, 1.807) is 12.1 Å². The molecule has 6 heteroatoms. The second kappa shape index (κ2) is 9.06. The number of piperazine rings is 1. The smallest absolute Gasteiger partial charge is 0.222 e. The lowest BCUT2D eigenvalue weighted by Crippen LogP contribution is -2.54. The highest BCUT2D eigenvalue weighted by Gasteiger charge is 2.29. The molecule has 1 aromatic heterocycles. The van der Waals surface area contributed by atoms with E-state index < -0.39 is 0 Å². The normalized spacial score (nSPS) is 18.0. The van der Waals surface area contributed by atoms with Crippen molar-refractivity contribution in [1.29, 1.82) is 0 Å². The van der Waals surface area contributed by atoms with Crippen molar-refractivity contribution in [2.45, 2.75) is 38.8 Å². The molecular formula is C21H28N2O4. The van der Waals surface area contributed by atoms with Crippen LogP contribution in [0.25, 0.3) is 0 Å². The van der Waals surface area contributed by atoms with Gasteiger partial charge in [0.2, 0.25) is 5.91 Å². The first kappa shape index (κ1) is 19.5. The second-order valence-electron chi connectivity index (χ2n) is 7.16. The third-order valence-corrected chi connectivity index (χ3v) is 5.14. The molecule has 6 nitrogen and oxygen atoms in total. The van der Waals surface area contributed by atoms with Crippen LogP contribution in [0.4, 0.5) is 0 Å². The molecule has 146 valence electrons. The first-order valence-corrected chi connectivity index (χ1v) is 9.51. The summed E-state index contributed by atoms with van der Waals surface area (Å²) in [4.78, 5) is 16.8. The molecule has 0 radical (unpaired) electrons. The summed E-state index contributed by atoms with van der Waals surface area (Å²) in [7, 11) is 0. The van der Waals surface area contributed by atoms with Crippen LogP contribution in [-0.4, -0.2) is 58.2 Å². The molecule has 2 N–H and O–H groups in total. The lowest BCUT2D eigenvalue weighted by molar-refractivity contribution is -0.134. The molecule has 2 aromatic rings. The average Bonchev–Trinajstić information content (AvgIpc) is 3.07. The van der Waals surface area contributed by atoms with Gasteiger partial charge in [-0.3, -0.25) is 9.69 Å². The van der Waals surface area contributed by atoms with Crippen molar-refractivity contribution in [3.05, 3.63) is 53.5 Å². The number of nitrogens with zero attached hydrogens (tertiary/aromatic N) is 2. The van der Waals surface area contributed by atoms with E-state index in [1.807, 2.05) is 36.1 Å². The quantitative estimate of drug-likeness (QED) is 0.780. The van der Waals surface area contributed by atoms with Crippen LogP contribution >= 0.6 is 0 Å². The van der Waals surface area contributed by atoms with Crippen molar-refractivity contribution in [2.75, 3.05) is 26.2 Å². The van der Waals surface area contributed by atoms with Crippen LogP contribution < -0.4 is 0 Å². The molecule has 2 heterocycles. The van der Waals surface area contributed by atoms with Gasteiger partial charge in [-0.2, -0.15) is 0 Å². The van der Waals surface area contributed by atoms with Crippen LogP contribution in [-0.2, 0) is 17.8 Å². The Morgan fingerprint density at radius 3 is 2.63 bits per heavy atom. The monoisotopic (exact) mass is 372 g/mol. The van der Waals surface area contributed by atoms with Crippen LogP contribution in [0.15, 0.2) is 40.8 Å². The van der Waals surface area contributed by atoms with E-state index in [2.05, 4.69) is 4.90 Å². The third kappa shape index (κ3) is 5.34. The average molecular weight is 372 g/mol. The number of hydrogen-bond acceptors (Lipinski definition) is 5. The highest BCUT2D eigenvalue weighted by Crippen LogP contribution is 2.19. The molecule has 0 spiro atoms. The van der Waals surface area contributed by atoms with Crippen LogP contribution in [0.2, 0.25) is 0 Å². The topological polar surface area (TPSA) is 77.2 Å². The first-order valence-electron chi connectivity index (χ1n) is 9.51. The molecule has 1 fully saturated rings. The molecule has 1 amide bonds. The van der Waals surface area contributed by atoms with Crippen molar-refractivity contribution in [1.82, 2.24) is 9.80 Å². The van der Waals surface area contributed by atoms with Gasteiger partial charge in [0.1, 0.15) is 17.3 Å². The number of aryl methyl sites for hydroxylation is 2. The van der Waals surface area contributed by atoms with Crippen molar-refractivity contribution in [3.63, 3.8) is 0 Å². The van der Waals surface area contributed by atoms with Crippen molar-refractivity contribution in [2.24, 2.45) is 0 Å². The molecular weight excluding hydrogens is 344 g/mol. The second-order valence-corrected chi connectivity index (χ2v) is 7.16. The number of carbonyl (C=O) groups is 1. The van der Waals surface area contributed by atoms with Crippen LogP contribution in [0.5, 0.6) is 5.75 Å². The maximum absolute atomic E-state index is 12.6. The summed E-state index contributed by atoms with van der Waals surface area (Å²) < 4.78 is 5.68. The van der Waals surface area contributed by atoms with Crippen LogP contribution in [0, 0.1) is 6.92 Å². The molecule has 1 aromatic carbocycles. The molecule has 0 bridgehead atoms. The minimum absolute atomic E-state index is 0.105. The maximum Gasteiger partial charge on any atom is 0.222 e. The summed E-state index contributed by atoms with van der Waals surface area (Å²) in [6, 6.07) is 11.1. The predicted octanol–water partition coefficient (Wildman–Crippen LogP) is 2.32. The van der Waals surface area contributed by atoms with Crippen molar-refractivity contribution >= 4 is 5.91 Å². The Morgan fingerprint density at radius 1 is 1.19 bits per heavy atom. The van der Waals surface area contributed by atoms with E-state index in [4.69, 9.17) is 4.42 Å². The van der Waals surface area contributed by atoms with Gasteiger partial charge < -0.3 is 19.5 Å². The van der Waals surface area contributed by atoms with Crippen molar-refractivity contribution < 1.29 is 19.4 Å². The summed E-state index contributed by atoms with van der Waals surface area (Å²) in [5.74, 6) is 2.19. The van der Waals surface area contributed by atoms with Crippen molar-refractivity contribution in [3.8, 4) is 5.75 Å². The molecule has 3 rings (SSSR count). The molecule has 27 heavy (non-hydrogen) atoms. The number of aliphatic hydroxyl groups excluding tert-OH is 1. The Kier molecular flexibility index (Phi) is 6.53. The minimum Gasteiger partial charge on any atom is -0.508 e. The van der Waals surface area contributed by atoms with Gasteiger partial charge in [-0.25, -0.2) is 0 Å². The van der Waals surface area contributed by atoms with Crippen LogP contribution in [0.3, 0.4) is 0 Å². The molecule has 1 atom stereocenters. The molecule has 1 aliphatic rings. The Labute approximate surface area is 160 Å². The fourth-order valence-electron chi connectivity index (χ4n) is 3.59. The molecule has 0 aliphatic carbocycles. The zero-order valence-electron chi connectivity index (χ0n) is 15.8. The lowest BCUT2D eigenvalue weighted by atomic mass is 10.1. The largest absolute Gasteiger partial charge is 0.508 e. The molecule has 1 saturated heterocycles. The fraction of sp³-hybridized carbons (Fsp3) is 0.476. The zero-order chi connectivity index (χ0) is 19.2. The minimum atomic E-state index is 0.105. The lowest BCUT2D eigenvalue weighted by Gasteiger charge is -2.41. The highest BCUT2D eigenvalue weighted by molar-refractivity contribution is 5.76. The number of phenolic OH excluding ortho intramolecular Hbond substituents is 1. The number of aliphatic hydroxyl groups is 1. The van der Waals surface area contributed by atoms with Gasteiger partial charge in [0.05, 0.1) is 6.54 Å². The highest BCUT2D eigenvalue weighted by atomic mass is 16.3. The van der Waals surface area contributed by atoms with E-state index >= 15 is 0 Å². The summed E-state index contributed by atoms with van der Waals surface area (Å²) in [5, 5.41) is 18.8. The van der Waals surface area contributed by atoms with Gasteiger partial charge in [-0.05, 0) is 49.6 Å². The van der Waals surface area contributed by atoms with Crippen LogP contribution in [0.1, 0.15) is 29.9 Å². The maximum atomic E-state index is 12.6. The van der Waals surface area contributed by atoms with Gasteiger partial charge in [0.15, 0.2) is 0 Å². The van der Waals surface area contributed by atoms with E-state index in [0.717, 1.165) is 23.6 Å². The van der Waals surface area contributed by atoms with E-state index in [0.29, 0.717) is 38.9 Å². The number of benzene rings is 1. The Bertz CT molecular complexity index is 741. The molecule has 1 aliphatic heterocycles. The summed E-state index contributed by atoms with van der Waals surface area (Å²) in [6.45, 7) is 4.83. The summed E-state index contributed by atoms with van der Waals surface area (Å²) in [5.41, 5.74) is 1.04. The van der Waals surface area contributed by atoms with E-state index in [1.165, 1.54) is 0 Å². The summed E-state index contributed by atoms with van der Waals surface area (Å²) >= 11 is 0. The zero-order valence-corrected chi connectivity index (χ0v) is 15.8. The Hall–Kier alpha value is -2.31. The van der Waals surface area contributed by atoms with Gasteiger partial charge in [0.25, 0.3) is 0 Å². The first-order chi connectivity index (χ1) is 13.0. The van der Waals surface area contributed by atoms with Gasteiger partial charge >= 0.3 is 0 Å². The fourth-order valence-corrected chi connectivity index (χ4v) is 3.59. The number of hydrogen-bond donors (Lipinski definition) is 2. The van der Waals surface area contributed by atoms with E-state index in [-0.39, 0.29) is 24.3 Å². The number of carbonyl (C=O) groups excluding carboxylic acids is 1. The van der Waals surface area contributed by atoms with Gasteiger partial charge in [-0.15, -0.1) is 0 Å². The van der Waals surface area contributed by atoms with E-state index in [9.17, 15) is 15.0 Å². The molecule has 0 saturated carbocycles. The number of amides is 1. The number of rotatable bonds is 7. The molecule has 1 unspecified atom stereocenters. The summed E-state index contributed by atoms with van der Waals surface area (Å²) in [6.07, 6.45) is 1.76. The number of aromatic hydroxyl groups is 1. The predicted molar refractivity (Wildman–Crippen MR) is 102 cm³/mol. The Morgan fingerprint density at radius 2 is 1.96 bits per heavy atom.